The zero-order chi connectivity index (χ0) is 6.08. The molecule has 0 radical (unpaired) electrons. The van der Waals surface area contributed by atoms with Gasteiger partial charge in [-0.15, -0.1) is 0 Å². The summed E-state index contributed by atoms with van der Waals surface area (Å²) in [4.78, 5) is 10.5. The van der Waals surface area contributed by atoms with Gasteiger partial charge in [0.05, 0.1) is 0 Å². The van der Waals surface area contributed by atoms with Crippen molar-refractivity contribution < 1.29 is 4.79 Å². The summed E-state index contributed by atoms with van der Waals surface area (Å²) in [6.45, 7) is 7.35. The molecule has 0 aromatic carbocycles. The van der Waals surface area contributed by atoms with E-state index in [1.54, 1.807) is 6.92 Å². The van der Waals surface area contributed by atoms with Crippen LogP contribution in [0.15, 0.2) is 0 Å². The molecule has 0 saturated carbocycles. The average Bonchev–Trinajstić information content (AvgIpc) is 1.31. The Labute approximate surface area is 93.6 Å². The van der Waals surface area contributed by atoms with Crippen LogP contribution in [-0.2, 0) is 4.79 Å². The quantitative estimate of drug-likeness (QED) is 0.458. The van der Waals surface area contributed by atoms with Crippen LogP contribution in [-0.4, -0.2) is 57.2 Å². The van der Waals surface area contributed by atoms with Crippen LogP contribution in [0.2, 0.25) is 0 Å². The number of carbonyl (C=O) groups is 1. The summed E-state index contributed by atoms with van der Waals surface area (Å²) in [7, 11) is 0. The molecule has 0 aliphatic heterocycles. The van der Waals surface area contributed by atoms with E-state index in [9.17, 15) is 4.79 Å². The maximum absolute atomic E-state index is 10.5. The summed E-state index contributed by atoms with van der Waals surface area (Å²) in [6.07, 6.45) is 0. The van der Waals surface area contributed by atoms with Gasteiger partial charge in [0.1, 0.15) is 5.78 Å². The van der Waals surface area contributed by atoms with Crippen molar-refractivity contribution in [1.29, 1.82) is 0 Å². The number of carbonyl (C=O) groups excluding carboxylic acids is 1. The molecule has 0 amide bonds. The summed E-state index contributed by atoms with van der Waals surface area (Å²) < 4.78 is 0. The van der Waals surface area contributed by atoms with E-state index in [1.807, 2.05) is 20.8 Å². The third-order valence-electron chi connectivity index (χ3n) is 1.06. The first kappa shape index (κ1) is 12.0. The molecule has 0 spiro atoms. The van der Waals surface area contributed by atoms with E-state index < -0.39 is 0 Å². The molecule has 0 aromatic heterocycles. The number of ketones is 1. The second kappa shape index (κ2) is 4.17. The molecule has 0 rings (SSSR count). The first-order valence-corrected chi connectivity index (χ1v) is 2.45. The monoisotopic (exact) mass is 140 g/mol. The van der Waals surface area contributed by atoms with Crippen molar-refractivity contribution in [2.24, 2.45) is 5.41 Å². The number of rotatable bonds is 0. The third-order valence-corrected chi connectivity index (χ3v) is 1.06. The fraction of sp³-hybridized carbons (Fsp3) is 0.833. The predicted octanol–water partition coefficient (Wildman–Crippen LogP) is 0.973. The molecule has 44 valence electrons. The summed E-state index contributed by atoms with van der Waals surface area (Å²) >= 11 is 0. The summed E-state index contributed by atoms with van der Waals surface area (Å²) in [5.41, 5.74) is -0.139. The summed E-state index contributed by atoms with van der Waals surface area (Å²) in [5.74, 6) is 0.243. The van der Waals surface area contributed by atoms with Crippen molar-refractivity contribution in [2.45, 2.75) is 27.7 Å². The number of Topliss-reactive ketones (excluding diaryl/α,β-unsaturated/α-hetero) is 1. The molecule has 0 saturated heterocycles. The molecule has 0 fully saturated rings. The predicted molar refractivity (Wildman–Crippen MR) is 37.3 cm³/mol. The minimum atomic E-state index is -0.139. The molecular weight excluding hydrogens is 127 g/mol. The Balaban J connectivity index is 0. The normalized spacial score (nSPS) is 10.0. The van der Waals surface area contributed by atoms with Gasteiger partial charge < -0.3 is 0 Å². The summed E-state index contributed by atoms with van der Waals surface area (Å²) in [6, 6.07) is 0. The Morgan fingerprint density at radius 3 is 1.38 bits per heavy atom. The Hall–Kier alpha value is 1.31. The van der Waals surface area contributed by atoms with E-state index in [2.05, 4.69) is 0 Å². The Bertz CT molecular complexity index is 81.0. The van der Waals surface area contributed by atoms with Crippen molar-refractivity contribution >= 4 is 57.2 Å². The number of hydrogen-bond donors (Lipinski definition) is 0. The van der Waals surface area contributed by atoms with Gasteiger partial charge in [-0.25, -0.2) is 0 Å². The Morgan fingerprint density at radius 2 is 1.38 bits per heavy atom. The molecule has 2 heteroatoms. The van der Waals surface area contributed by atoms with Gasteiger partial charge in [0, 0.05) is 5.41 Å². The van der Waals surface area contributed by atoms with Gasteiger partial charge in [-0.2, -0.15) is 0 Å². The molecule has 1 nitrogen and oxygen atoms in total. The zero-order valence-corrected chi connectivity index (χ0v) is 5.41. The van der Waals surface area contributed by atoms with Crippen LogP contribution in [0.3, 0.4) is 0 Å². The van der Waals surface area contributed by atoms with Gasteiger partial charge in [-0.3, -0.25) is 4.79 Å². The van der Waals surface area contributed by atoms with Crippen LogP contribution in [0.1, 0.15) is 27.7 Å². The van der Waals surface area contributed by atoms with E-state index in [0.717, 1.165) is 0 Å². The van der Waals surface area contributed by atoms with Gasteiger partial charge in [0.2, 0.25) is 0 Å². The van der Waals surface area contributed by atoms with Crippen LogP contribution in [0.4, 0.5) is 0 Å². The molecule has 0 atom stereocenters. The van der Waals surface area contributed by atoms with Crippen LogP contribution >= 0.6 is 0 Å². The zero-order valence-electron chi connectivity index (χ0n) is 5.41. The van der Waals surface area contributed by atoms with Crippen LogP contribution in [0, 0.1) is 5.41 Å². The van der Waals surface area contributed by atoms with Crippen molar-refractivity contribution in [2.75, 3.05) is 0 Å². The SMILES string of the molecule is CC(=O)C(C)(C)C.[KH]. The standard InChI is InChI=1S/C6H12O.K.H/c1-5(7)6(2,3)4;;/h1-4H3;;. The van der Waals surface area contributed by atoms with Crippen molar-refractivity contribution in [3.8, 4) is 0 Å². The first-order valence-electron chi connectivity index (χ1n) is 2.45. The van der Waals surface area contributed by atoms with Crippen LogP contribution in [0.25, 0.3) is 0 Å². The van der Waals surface area contributed by atoms with Crippen LogP contribution < -0.4 is 0 Å². The Morgan fingerprint density at radius 1 is 1.25 bits per heavy atom. The van der Waals surface area contributed by atoms with E-state index >= 15 is 0 Å². The molecule has 0 unspecified atom stereocenters. The van der Waals surface area contributed by atoms with Gasteiger partial charge in [-0.1, -0.05) is 20.8 Å². The van der Waals surface area contributed by atoms with Gasteiger partial charge in [0.25, 0.3) is 0 Å². The average molecular weight is 140 g/mol. The number of hydrogen-bond acceptors (Lipinski definition) is 1. The van der Waals surface area contributed by atoms with E-state index in [0.29, 0.717) is 0 Å². The van der Waals surface area contributed by atoms with Gasteiger partial charge >= 0.3 is 51.4 Å². The van der Waals surface area contributed by atoms with E-state index in [-0.39, 0.29) is 62.6 Å². The van der Waals surface area contributed by atoms with Crippen molar-refractivity contribution in [3.05, 3.63) is 0 Å². The second-order valence-electron chi connectivity index (χ2n) is 2.81. The molecular formula is C6H13KO. The maximum atomic E-state index is 10.5. The Kier molecular flexibility index (Phi) is 6.28. The molecule has 8 heavy (non-hydrogen) atoms. The fourth-order valence-corrected chi connectivity index (χ4v) is 0. The van der Waals surface area contributed by atoms with Gasteiger partial charge in [-0.05, 0) is 6.92 Å². The topological polar surface area (TPSA) is 17.1 Å². The van der Waals surface area contributed by atoms with E-state index in [1.165, 1.54) is 0 Å². The molecule has 0 aromatic rings. The molecule has 0 heterocycles. The molecule has 0 aliphatic carbocycles. The third kappa shape index (κ3) is 5.44. The second-order valence-corrected chi connectivity index (χ2v) is 2.81. The molecule has 0 aliphatic rings. The van der Waals surface area contributed by atoms with Crippen LogP contribution in [0.5, 0.6) is 0 Å². The van der Waals surface area contributed by atoms with E-state index in [4.69, 9.17) is 0 Å². The molecule has 0 N–H and O–H groups in total. The molecule has 0 bridgehead atoms. The first-order chi connectivity index (χ1) is 2.94. The van der Waals surface area contributed by atoms with Crippen molar-refractivity contribution in [1.82, 2.24) is 0 Å². The summed E-state index contributed by atoms with van der Waals surface area (Å²) in [5, 5.41) is 0. The van der Waals surface area contributed by atoms with Gasteiger partial charge in [0.15, 0.2) is 0 Å². The van der Waals surface area contributed by atoms with Crippen molar-refractivity contribution in [3.63, 3.8) is 0 Å². The fourth-order valence-electron chi connectivity index (χ4n) is 0. The minimum absolute atomic E-state index is 0.